The molecule has 2 aliphatic heterocycles. The van der Waals surface area contributed by atoms with Crippen LogP contribution in [-0.2, 0) is 16.4 Å². The zero-order valence-electron chi connectivity index (χ0n) is 19.9. The first-order chi connectivity index (χ1) is 17.1. The fourth-order valence-corrected chi connectivity index (χ4v) is 7.23. The van der Waals surface area contributed by atoms with Gasteiger partial charge in [-0.1, -0.05) is 0 Å². The zero-order valence-corrected chi connectivity index (χ0v) is 20.7. The third-order valence-electron chi connectivity index (χ3n) is 7.17. The van der Waals surface area contributed by atoms with E-state index in [2.05, 4.69) is 5.32 Å². The van der Waals surface area contributed by atoms with Gasteiger partial charge in [0.25, 0.3) is 5.91 Å². The third-order valence-corrected chi connectivity index (χ3v) is 9.13. The van der Waals surface area contributed by atoms with Crippen LogP contribution in [0.2, 0.25) is 0 Å². The Morgan fingerprint density at radius 2 is 1.69 bits per heavy atom. The Bertz CT molecular complexity index is 1200. The highest BCUT2D eigenvalue weighted by molar-refractivity contribution is 7.89. The van der Waals surface area contributed by atoms with Gasteiger partial charge in [-0.25, -0.2) is 21.6 Å². The number of ether oxygens (including phenoxy) is 1. The summed E-state index contributed by atoms with van der Waals surface area (Å²) in [5.41, 5.74) is 6.74. The predicted molar refractivity (Wildman–Crippen MR) is 128 cm³/mol. The lowest BCUT2D eigenvalue weighted by Crippen LogP contribution is -2.51. The summed E-state index contributed by atoms with van der Waals surface area (Å²) in [6.07, 6.45) is 2.47. The Morgan fingerprint density at radius 3 is 2.31 bits per heavy atom. The van der Waals surface area contributed by atoms with Crippen molar-refractivity contribution < 1.29 is 31.1 Å². The molecule has 2 unspecified atom stereocenters. The van der Waals surface area contributed by atoms with Gasteiger partial charge in [-0.3, -0.25) is 4.79 Å². The van der Waals surface area contributed by atoms with Crippen LogP contribution in [0.15, 0.2) is 36.4 Å². The van der Waals surface area contributed by atoms with Gasteiger partial charge < -0.3 is 15.8 Å². The first kappa shape index (κ1) is 26.4. The second-order valence-electron chi connectivity index (χ2n) is 9.47. The number of sulfonamides is 1. The molecule has 196 valence electrons. The van der Waals surface area contributed by atoms with Crippen molar-refractivity contribution >= 4 is 15.9 Å². The number of fused-ring (bicyclic) bond motifs is 2. The number of nitrogens with zero attached hydrogens (tertiary/aromatic N) is 1. The van der Waals surface area contributed by atoms with Crippen molar-refractivity contribution in [1.82, 2.24) is 9.62 Å². The van der Waals surface area contributed by atoms with E-state index in [1.165, 1.54) is 7.11 Å². The van der Waals surface area contributed by atoms with Crippen molar-refractivity contribution in [2.45, 2.75) is 50.2 Å². The largest absolute Gasteiger partial charge is 0.497 e. The van der Waals surface area contributed by atoms with Crippen LogP contribution < -0.4 is 15.8 Å². The van der Waals surface area contributed by atoms with Crippen molar-refractivity contribution in [2.75, 3.05) is 19.4 Å². The molecule has 2 fully saturated rings. The maximum absolute atomic E-state index is 14.1. The van der Waals surface area contributed by atoms with E-state index >= 15 is 0 Å². The van der Waals surface area contributed by atoms with E-state index in [-0.39, 0.29) is 48.2 Å². The molecule has 0 spiro atoms. The second-order valence-corrected chi connectivity index (χ2v) is 11.5. The highest BCUT2D eigenvalue weighted by atomic mass is 32.2. The van der Waals surface area contributed by atoms with Crippen LogP contribution in [0.1, 0.15) is 41.6 Å². The molecule has 36 heavy (non-hydrogen) atoms. The number of halogens is 3. The van der Waals surface area contributed by atoms with Gasteiger partial charge in [-0.2, -0.15) is 4.31 Å². The second kappa shape index (κ2) is 10.8. The Morgan fingerprint density at radius 1 is 1.08 bits per heavy atom. The summed E-state index contributed by atoms with van der Waals surface area (Å²) in [5, 5.41) is 2.65. The molecule has 0 saturated carbocycles. The zero-order chi connectivity index (χ0) is 26.0. The highest BCUT2D eigenvalue weighted by Gasteiger charge is 2.47. The van der Waals surface area contributed by atoms with E-state index in [0.29, 0.717) is 43.1 Å². The Hall–Kier alpha value is -2.63. The Kier molecular flexibility index (Phi) is 7.91. The van der Waals surface area contributed by atoms with E-state index < -0.39 is 33.5 Å². The first-order valence-corrected chi connectivity index (χ1v) is 13.5. The highest BCUT2D eigenvalue weighted by Crippen LogP contribution is 2.42. The number of methoxy groups -OCH3 is 1. The van der Waals surface area contributed by atoms with Gasteiger partial charge in [0.15, 0.2) is 11.6 Å². The normalized spacial score (nSPS) is 22.9. The van der Waals surface area contributed by atoms with Crippen LogP contribution >= 0.6 is 0 Å². The van der Waals surface area contributed by atoms with Crippen LogP contribution in [0.25, 0.3) is 0 Å². The van der Waals surface area contributed by atoms with Crippen LogP contribution in [0, 0.1) is 23.4 Å². The van der Waals surface area contributed by atoms with Gasteiger partial charge in [0.05, 0.1) is 12.9 Å². The van der Waals surface area contributed by atoms with Crippen molar-refractivity contribution in [3.8, 4) is 5.75 Å². The van der Waals surface area contributed by atoms with Crippen LogP contribution in [-0.4, -0.2) is 56.2 Å². The molecule has 7 nitrogen and oxygen atoms in total. The summed E-state index contributed by atoms with van der Waals surface area (Å²) in [4.78, 5) is 12.3. The van der Waals surface area contributed by atoms with Gasteiger partial charge in [-0.15, -0.1) is 0 Å². The number of hydrogen-bond donors (Lipinski definition) is 2. The molecule has 2 bridgehead atoms. The third kappa shape index (κ3) is 5.68. The summed E-state index contributed by atoms with van der Waals surface area (Å²) in [6, 6.07) is 6.89. The van der Waals surface area contributed by atoms with Crippen molar-refractivity contribution in [1.29, 1.82) is 0 Å². The molecular weight excluding hydrogens is 495 g/mol. The molecule has 2 saturated heterocycles. The number of carbonyl (C=O) groups is 1. The smallest absolute Gasteiger partial charge is 0.251 e. The molecule has 2 aromatic carbocycles. The monoisotopic (exact) mass is 525 g/mol. The maximum Gasteiger partial charge on any atom is 0.251 e. The molecule has 0 radical (unpaired) electrons. The minimum atomic E-state index is -3.63. The topological polar surface area (TPSA) is 102 Å². The van der Waals surface area contributed by atoms with Gasteiger partial charge in [-0.05, 0) is 73.9 Å². The predicted octanol–water partition coefficient (Wildman–Crippen LogP) is 2.99. The maximum atomic E-state index is 14.1. The van der Waals surface area contributed by atoms with E-state index in [4.69, 9.17) is 10.5 Å². The minimum Gasteiger partial charge on any atom is -0.497 e. The van der Waals surface area contributed by atoms with Gasteiger partial charge in [0, 0.05) is 36.3 Å². The Balaban J connectivity index is 1.33. The van der Waals surface area contributed by atoms with Crippen molar-refractivity contribution in [3.63, 3.8) is 0 Å². The minimum absolute atomic E-state index is 0.0106. The number of carbonyl (C=O) groups excluding carboxylic acids is 1. The summed E-state index contributed by atoms with van der Waals surface area (Å²) < 4.78 is 73.7. The number of benzene rings is 2. The van der Waals surface area contributed by atoms with Crippen LogP contribution in [0.3, 0.4) is 0 Å². The molecule has 0 aromatic heterocycles. The summed E-state index contributed by atoms with van der Waals surface area (Å²) in [6.45, 7) is -0.0263. The standard InChI is InChI=1S/C25H30F3N3O4S/c1-35-20-6-2-15(3-7-20)25(32)30-8-9-36(33,34)31-18-4-5-19(31)11-17(10-18)24(29)13-16-12-22(27)23(28)14-21(16)26/h2-3,6-7,12,14,17-19,24H,4-5,8-11,13,29H2,1H3,(H,30,32)/t17?,18-,19+,24?. The average molecular weight is 526 g/mol. The summed E-state index contributed by atoms with van der Waals surface area (Å²) in [5.74, 6) is -3.27. The number of piperidine rings is 1. The molecule has 0 aliphatic carbocycles. The van der Waals surface area contributed by atoms with E-state index in [1.807, 2.05) is 0 Å². The van der Waals surface area contributed by atoms with Gasteiger partial charge >= 0.3 is 0 Å². The lowest BCUT2D eigenvalue weighted by Gasteiger charge is -2.40. The lowest BCUT2D eigenvalue weighted by atomic mass is 9.83. The molecule has 2 heterocycles. The number of hydrogen-bond acceptors (Lipinski definition) is 5. The van der Waals surface area contributed by atoms with E-state index in [9.17, 15) is 26.4 Å². The number of amides is 1. The van der Waals surface area contributed by atoms with Crippen molar-refractivity contribution in [3.05, 3.63) is 65.0 Å². The van der Waals surface area contributed by atoms with Crippen LogP contribution in [0.5, 0.6) is 5.75 Å². The van der Waals surface area contributed by atoms with Crippen molar-refractivity contribution in [2.24, 2.45) is 11.7 Å². The summed E-state index contributed by atoms with van der Waals surface area (Å²) >= 11 is 0. The SMILES string of the molecule is COc1ccc(C(=O)NCCS(=O)(=O)N2[C@@H]3CC[C@H]2CC(C(N)Cc2cc(F)c(F)cc2F)C3)cc1. The lowest BCUT2D eigenvalue weighted by molar-refractivity contribution is 0.0956. The molecule has 2 aromatic rings. The fourth-order valence-electron chi connectivity index (χ4n) is 5.36. The molecule has 11 heteroatoms. The quantitative estimate of drug-likeness (QED) is 0.490. The molecular formula is C25H30F3N3O4S. The fraction of sp³-hybridized carbons (Fsp3) is 0.480. The molecule has 2 aliphatic rings. The van der Waals surface area contributed by atoms with E-state index in [1.54, 1.807) is 28.6 Å². The first-order valence-electron chi connectivity index (χ1n) is 11.9. The van der Waals surface area contributed by atoms with Gasteiger partial charge in [0.2, 0.25) is 10.0 Å². The Labute approximate surface area is 208 Å². The number of rotatable bonds is 9. The van der Waals surface area contributed by atoms with Crippen LogP contribution in [0.4, 0.5) is 13.2 Å². The number of nitrogens with two attached hydrogens (primary N) is 1. The summed E-state index contributed by atoms with van der Waals surface area (Å²) in [7, 11) is -2.10. The van der Waals surface area contributed by atoms with Gasteiger partial charge in [0.1, 0.15) is 11.6 Å². The molecule has 1 amide bonds. The molecule has 4 rings (SSSR count). The average Bonchev–Trinajstić information content (AvgIpc) is 3.13. The van der Waals surface area contributed by atoms with E-state index in [0.717, 1.165) is 6.07 Å². The molecule has 3 N–H and O–H groups in total. The number of nitrogens with one attached hydrogen (secondary N) is 1. The molecule has 4 atom stereocenters.